The van der Waals surface area contributed by atoms with Crippen molar-refractivity contribution in [2.45, 2.75) is 33.1 Å². The number of halogens is 2. The molecule has 0 aliphatic carbocycles. The van der Waals surface area contributed by atoms with E-state index in [0.29, 0.717) is 18.3 Å². The summed E-state index contributed by atoms with van der Waals surface area (Å²) in [5.41, 5.74) is 1.15. The van der Waals surface area contributed by atoms with Crippen LogP contribution in [-0.4, -0.2) is 43.8 Å². The molecule has 1 heterocycles. The van der Waals surface area contributed by atoms with Crippen LogP contribution in [0, 0.1) is 0 Å². The summed E-state index contributed by atoms with van der Waals surface area (Å²) in [4.78, 5) is 8.56. The molecule has 0 bridgehead atoms. The lowest BCUT2D eigenvalue weighted by Gasteiger charge is -2.11. The summed E-state index contributed by atoms with van der Waals surface area (Å²) in [6, 6.07) is 3.80. The van der Waals surface area contributed by atoms with Crippen molar-refractivity contribution in [3.05, 3.63) is 29.0 Å². The van der Waals surface area contributed by atoms with Crippen LogP contribution in [0.3, 0.4) is 0 Å². The Kier molecular flexibility index (Phi) is 14.6. The molecule has 0 radical (unpaired) electrons. The second-order valence-corrected chi connectivity index (χ2v) is 5.28. The average Bonchev–Trinajstić information content (AvgIpc) is 2.52. The zero-order valence-electron chi connectivity index (χ0n) is 14.0. The van der Waals surface area contributed by atoms with Crippen molar-refractivity contribution in [2.24, 2.45) is 4.99 Å². The molecule has 0 aromatic carbocycles. The van der Waals surface area contributed by atoms with Crippen LogP contribution < -0.4 is 10.6 Å². The van der Waals surface area contributed by atoms with Crippen molar-refractivity contribution < 1.29 is 4.74 Å². The van der Waals surface area contributed by atoms with Crippen LogP contribution in [0.5, 0.6) is 0 Å². The number of aromatic nitrogens is 1. The van der Waals surface area contributed by atoms with Gasteiger partial charge < -0.3 is 15.4 Å². The summed E-state index contributed by atoms with van der Waals surface area (Å²) >= 11 is 5.77. The van der Waals surface area contributed by atoms with E-state index in [9.17, 15) is 0 Å². The number of hydrogen-bond donors (Lipinski definition) is 2. The van der Waals surface area contributed by atoms with Gasteiger partial charge in [-0.3, -0.25) is 4.99 Å². The molecule has 2 N–H and O–H groups in total. The molecule has 5 nitrogen and oxygen atoms in total. The van der Waals surface area contributed by atoms with Gasteiger partial charge in [0.15, 0.2) is 5.96 Å². The topological polar surface area (TPSA) is 58.5 Å². The number of aliphatic imine (C=N–C) groups is 1. The maximum atomic E-state index is 5.77. The van der Waals surface area contributed by atoms with Crippen LogP contribution in [0.25, 0.3) is 0 Å². The second kappa shape index (κ2) is 15.0. The lowest BCUT2D eigenvalue weighted by molar-refractivity contribution is 0.139. The molecule has 0 atom stereocenters. The molecular weight excluding hydrogens is 427 g/mol. The highest BCUT2D eigenvalue weighted by atomic mass is 127. The zero-order chi connectivity index (χ0) is 16.0. The van der Waals surface area contributed by atoms with Crippen molar-refractivity contribution in [3.8, 4) is 0 Å². The molecule has 0 spiro atoms. The number of rotatable bonds is 10. The highest BCUT2D eigenvalue weighted by Gasteiger charge is 1.98. The third-order valence-electron chi connectivity index (χ3n) is 2.99. The van der Waals surface area contributed by atoms with E-state index in [1.807, 2.05) is 12.1 Å². The summed E-state index contributed by atoms with van der Waals surface area (Å²) in [5.74, 6) is 0.823. The largest absolute Gasteiger partial charge is 0.380 e. The van der Waals surface area contributed by atoms with Gasteiger partial charge in [0.05, 0.1) is 13.2 Å². The van der Waals surface area contributed by atoms with Crippen molar-refractivity contribution >= 4 is 41.5 Å². The predicted octanol–water partition coefficient (Wildman–Crippen LogP) is 3.27. The second-order valence-electron chi connectivity index (χ2n) is 4.89. The summed E-state index contributed by atoms with van der Waals surface area (Å²) in [5, 5.41) is 7.06. The summed E-state index contributed by atoms with van der Waals surface area (Å²) < 4.78 is 5.50. The molecule has 0 aliphatic rings. The van der Waals surface area contributed by atoms with Gasteiger partial charge >= 0.3 is 0 Å². The lowest BCUT2D eigenvalue weighted by Crippen LogP contribution is -2.38. The zero-order valence-corrected chi connectivity index (χ0v) is 17.1. The van der Waals surface area contributed by atoms with Gasteiger partial charge in [0.1, 0.15) is 5.15 Å². The molecule has 0 amide bonds. The number of pyridine rings is 1. The fourth-order valence-electron chi connectivity index (χ4n) is 1.79. The first-order valence-electron chi connectivity index (χ1n) is 7.96. The molecule has 1 aromatic rings. The number of nitrogens with one attached hydrogen (secondary N) is 2. The van der Waals surface area contributed by atoms with Gasteiger partial charge in [-0.15, -0.1) is 24.0 Å². The Hall–Kier alpha value is -0.600. The smallest absolute Gasteiger partial charge is 0.191 e. The third kappa shape index (κ3) is 11.6. The van der Waals surface area contributed by atoms with Gasteiger partial charge in [-0.2, -0.15) is 0 Å². The molecule has 0 aliphatic heterocycles. The van der Waals surface area contributed by atoms with Gasteiger partial charge in [0, 0.05) is 25.9 Å². The normalized spacial score (nSPS) is 11.0. The summed E-state index contributed by atoms with van der Waals surface area (Å²) in [7, 11) is 0. The first-order valence-corrected chi connectivity index (χ1v) is 8.34. The Bertz CT molecular complexity index is 429. The Morgan fingerprint density at radius 3 is 2.74 bits per heavy atom. The SMILES string of the molecule is CCCCOCCN=C(NCC)NCCc1ccc(Cl)nc1.I. The van der Waals surface area contributed by atoms with Crippen LogP contribution >= 0.6 is 35.6 Å². The van der Waals surface area contributed by atoms with Crippen LogP contribution in [0.4, 0.5) is 0 Å². The highest BCUT2D eigenvalue weighted by molar-refractivity contribution is 14.0. The minimum Gasteiger partial charge on any atom is -0.380 e. The van der Waals surface area contributed by atoms with Gasteiger partial charge in [-0.05, 0) is 31.4 Å². The number of hydrogen-bond acceptors (Lipinski definition) is 3. The number of guanidine groups is 1. The molecule has 0 saturated carbocycles. The third-order valence-corrected chi connectivity index (χ3v) is 3.21. The van der Waals surface area contributed by atoms with Gasteiger partial charge in [-0.1, -0.05) is 31.0 Å². The fourth-order valence-corrected chi connectivity index (χ4v) is 1.90. The molecular formula is C16H28ClIN4O. The summed E-state index contributed by atoms with van der Waals surface area (Å²) in [6.07, 6.45) is 4.95. The first kappa shape index (κ1) is 22.4. The quantitative estimate of drug-likeness (QED) is 0.187. The van der Waals surface area contributed by atoms with E-state index in [0.717, 1.165) is 50.5 Å². The van der Waals surface area contributed by atoms with Crippen LogP contribution in [0.15, 0.2) is 23.3 Å². The highest BCUT2D eigenvalue weighted by Crippen LogP contribution is 2.05. The molecule has 7 heteroatoms. The number of nitrogens with zero attached hydrogens (tertiary/aromatic N) is 2. The van der Waals surface area contributed by atoms with E-state index in [-0.39, 0.29) is 24.0 Å². The maximum Gasteiger partial charge on any atom is 0.191 e. The van der Waals surface area contributed by atoms with E-state index in [1.165, 1.54) is 0 Å². The number of unbranched alkanes of at least 4 members (excludes halogenated alkanes) is 1. The van der Waals surface area contributed by atoms with Crippen molar-refractivity contribution in [2.75, 3.05) is 32.8 Å². The molecule has 1 rings (SSSR count). The van der Waals surface area contributed by atoms with E-state index < -0.39 is 0 Å². The van der Waals surface area contributed by atoms with Gasteiger partial charge in [0.25, 0.3) is 0 Å². The average molecular weight is 455 g/mol. The van der Waals surface area contributed by atoms with E-state index in [1.54, 1.807) is 6.20 Å². The van der Waals surface area contributed by atoms with Crippen molar-refractivity contribution in [3.63, 3.8) is 0 Å². The Labute approximate surface area is 161 Å². The monoisotopic (exact) mass is 454 g/mol. The van der Waals surface area contributed by atoms with Crippen LogP contribution in [0.1, 0.15) is 32.3 Å². The van der Waals surface area contributed by atoms with Crippen LogP contribution in [-0.2, 0) is 11.2 Å². The molecule has 0 saturated heterocycles. The molecule has 132 valence electrons. The minimum absolute atomic E-state index is 0. The first-order chi connectivity index (χ1) is 10.8. The summed E-state index contributed by atoms with van der Waals surface area (Å²) in [6.45, 7) is 8.00. The molecule has 1 aromatic heterocycles. The van der Waals surface area contributed by atoms with E-state index in [4.69, 9.17) is 16.3 Å². The van der Waals surface area contributed by atoms with Gasteiger partial charge in [-0.25, -0.2) is 4.98 Å². The fraction of sp³-hybridized carbons (Fsp3) is 0.625. The lowest BCUT2D eigenvalue weighted by atomic mass is 10.2. The molecule has 0 unspecified atom stereocenters. The minimum atomic E-state index is 0. The molecule has 0 fully saturated rings. The Morgan fingerprint density at radius 2 is 2.09 bits per heavy atom. The molecule has 23 heavy (non-hydrogen) atoms. The predicted molar refractivity (Wildman–Crippen MR) is 108 cm³/mol. The van der Waals surface area contributed by atoms with E-state index in [2.05, 4.69) is 34.5 Å². The van der Waals surface area contributed by atoms with Gasteiger partial charge in [0.2, 0.25) is 0 Å². The number of ether oxygens (including phenoxy) is 1. The van der Waals surface area contributed by atoms with Crippen molar-refractivity contribution in [1.29, 1.82) is 0 Å². The van der Waals surface area contributed by atoms with Crippen LogP contribution in [0.2, 0.25) is 5.15 Å². The standard InChI is InChI=1S/C16H27ClN4O.HI/c1-3-5-11-22-12-10-20-16(18-4-2)19-9-8-14-6-7-15(17)21-13-14;/h6-7,13H,3-5,8-12H2,1-2H3,(H2,18,19,20);1H. The Balaban J connectivity index is 0.00000484. The maximum absolute atomic E-state index is 5.77. The van der Waals surface area contributed by atoms with E-state index >= 15 is 0 Å². The Morgan fingerprint density at radius 1 is 1.26 bits per heavy atom. The van der Waals surface area contributed by atoms with Crippen molar-refractivity contribution in [1.82, 2.24) is 15.6 Å².